The zero-order valence-corrected chi connectivity index (χ0v) is 7.51. The van der Waals surface area contributed by atoms with Gasteiger partial charge in [0.15, 0.2) is 5.82 Å². The lowest BCUT2D eigenvalue weighted by molar-refractivity contribution is 0.148. The van der Waals surface area contributed by atoms with Gasteiger partial charge < -0.3 is 10.6 Å². The molecule has 0 saturated heterocycles. The maximum absolute atomic E-state index is 12.9. The average molecular weight is 219 g/mol. The Morgan fingerprint density at radius 1 is 1.53 bits per heavy atom. The number of hydrogen-bond donors (Lipinski definition) is 2. The highest BCUT2D eigenvalue weighted by atomic mass is 19.3. The van der Waals surface area contributed by atoms with Crippen LogP contribution in [0.2, 0.25) is 0 Å². The van der Waals surface area contributed by atoms with Gasteiger partial charge in [0, 0.05) is 6.20 Å². The molecule has 0 fully saturated rings. The van der Waals surface area contributed by atoms with Crippen molar-refractivity contribution in [3.05, 3.63) is 24.3 Å². The minimum Gasteiger partial charge on any atom is -0.332 e. The standard InChI is InChI=1S/C8H8F3N3O/c9-5-3-12-2-1-6(5)14-8(15)13-4-7(10)11/h1-3,7H,4H2,(H2,12,13,14,15). The number of nitrogens with one attached hydrogen (secondary N) is 2. The maximum atomic E-state index is 12.9. The molecule has 0 saturated carbocycles. The van der Waals surface area contributed by atoms with Gasteiger partial charge in [-0.2, -0.15) is 0 Å². The van der Waals surface area contributed by atoms with Crippen molar-refractivity contribution in [1.29, 1.82) is 0 Å². The topological polar surface area (TPSA) is 54.0 Å². The molecule has 15 heavy (non-hydrogen) atoms. The third-order valence-electron chi connectivity index (χ3n) is 1.44. The van der Waals surface area contributed by atoms with Crippen LogP contribution in [0.15, 0.2) is 18.5 Å². The Morgan fingerprint density at radius 2 is 2.27 bits per heavy atom. The molecular weight excluding hydrogens is 211 g/mol. The Bertz CT molecular complexity index is 346. The second-order valence-corrected chi connectivity index (χ2v) is 2.58. The predicted octanol–water partition coefficient (Wildman–Crippen LogP) is 1.61. The summed E-state index contributed by atoms with van der Waals surface area (Å²) >= 11 is 0. The van der Waals surface area contributed by atoms with Crippen LogP contribution < -0.4 is 10.6 Å². The first kappa shape index (κ1) is 11.3. The van der Waals surface area contributed by atoms with Crippen LogP contribution >= 0.6 is 0 Å². The molecule has 0 bridgehead atoms. The van der Waals surface area contributed by atoms with Gasteiger partial charge in [-0.1, -0.05) is 0 Å². The Morgan fingerprint density at radius 3 is 2.87 bits per heavy atom. The molecular formula is C8H8F3N3O. The molecule has 2 N–H and O–H groups in total. The quantitative estimate of drug-likeness (QED) is 0.811. The smallest absolute Gasteiger partial charge is 0.319 e. The molecule has 0 aliphatic rings. The molecule has 0 atom stereocenters. The number of alkyl halides is 2. The summed E-state index contributed by atoms with van der Waals surface area (Å²) in [6.45, 7) is -0.779. The van der Waals surface area contributed by atoms with Crippen molar-refractivity contribution >= 4 is 11.7 Å². The summed E-state index contributed by atoms with van der Waals surface area (Å²) in [5, 5.41) is 3.94. The lowest BCUT2D eigenvalue weighted by Gasteiger charge is -2.07. The van der Waals surface area contributed by atoms with E-state index < -0.39 is 24.8 Å². The Labute approximate surface area is 83.5 Å². The zero-order chi connectivity index (χ0) is 11.3. The molecule has 1 rings (SSSR count). The third kappa shape index (κ3) is 3.84. The van der Waals surface area contributed by atoms with Crippen LogP contribution in [0, 0.1) is 5.82 Å². The number of nitrogens with zero attached hydrogens (tertiary/aromatic N) is 1. The van der Waals surface area contributed by atoms with Gasteiger partial charge in [-0.3, -0.25) is 4.98 Å². The number of aromatic nitrogens is 1. The molecule has 4 nitrogen and oxygen atoms in total. The molecule has 1 heterocycles. The lowest BCUT2D eigenvalue weighted by atomic mass is 10.4. The fourth-order valence-electron chi connectivity index (χ4n) is 0.813. The van der Waals surface area contributed by atoms with Crippen molar-refractivity contribution < 1.29 is 18.0 Å². The maximum Gasteiger partial charge on any atom is 0.319 e. The fraction of sp³-hybridized carbons (Fsp3) is 0.250. The Kier molecular flexibility index (Phi) is 3.90. The van der Waals surface area contributed by atoms with E-state index in [4.69, 9.17) is 0 Å². The fourth-order valence-corrected chi connectivity index (χ4v) is 0.813. The van der Waals surface area contributed by atoms with Crippen molar-refractivity contribution in [2.75, 3.05) is 11.9 Å². The molecule has 0 aliphatic carbocycles. The zero-order valence-electron chi connectivity index (χ0n) is 7.51. The van der Waals surface area contributed by atoms with Crippen molar-refractivity contribution in [3.63, 3.8) is 0 Å². The molecule has 0 aliphatic heterocycles. The highest BCUT2D eigenvalue weighted by molar-refractivity contribution is 5.89. The number of anilines is 1. The minimum absolute atomic E-state index is 0.114. The van der Waals surface area contributed by atoms with Crippen molar-refractivity contribution in [2.45, 2.75) is 6.43 Å². The van der Waals surface area contributed by atoms with E-state index >= 15 is 0 Å². The summed E-state index contributed by atoms with van der Waals surface area (Å²) in [7, 11) is 0. The van der Waals surface area contributed by atoms with E-state index in [0.717, 1.165) is 6.20 Å². The van der Waals surface area contributed by atoms with Crippen molar-refractivity contribution in [1.82, 2.24) is 10.3 Å². The third-order valence-corrected chi connectivity index (χ3v) is 1.44. The Balaban J connectivity index is 2.48. The van der Waals surface area contributed by atoms with E-state index in [1.165, 1.54) is 12.3 Å². The molecule has 1 aromatic rings. The van der Waals surface area contributed by atoms with Gasteiger partial charge in [0.2, 0.25) is 0 Å². The van der Waals surface area contributed by atoms with Crippen LogP contribution in [-0.4, -0.2) is 24.0 Å². The molecule has 0 aromatic carbocycles. The summed E-state index contributed by atoms with van der Waals surface area (Å²) in [6.07, 6.45) is -0.466. The van der Waals surface area contributed by atoms with Crippen LogP contribution in [-0.2, 0) is 0 Å². The number of amides is 2. The lowest BCUT2D eigenvalue weighted by Crippen LogP contribution is -2.32. The first-order valence-corrected chi connectivity index (χ1v) is 4.02. The average Bonchev–Trinajstić information content (AvgIpc) is 2.18. The molecule has 2 amide bonds. The molecule has 0 spiro atoms. The normalized spacial score (nSPS) is 10.1. The summed E-state index contributed by atoms with van der Waals surface area (Å²) in [5.41, 5.74) is -0.114. The highest BCUT2D eigenvalue weighted by Gasteiger charge is 2.08. The summed E-state index contributed by atoms with van der Waals surface area (Å²) in [5.74, 6) is -0.732. The van der Waals surface area contributed by atoms with Gasteiger partial charge in [-0.05, 0) is 6.07 Å². The van der Waals surface area contributed by atoms with Crippen molar-refractivity contribution in [2.24, 2.45) is 0 Å². The number of urea groups is 1. The summed E-state index contributed by atoms with van der Waals surface area (Å²) < 4.78 is 36.3. The number of rotatable bonds is 3. The monoisotopic (exact) mass is 219 g/mol. The second-order valence-electron chi connectivity index (χ2n) is 2.58. The predicted molar refractivity (Wildman–Crippen MR) is 47.2 cm³/mol. The number of carbonyl (C=O) groups is 1. The van der Waals surface area contributed by atoms with Gasteiger partial charge in [0.05, 0.1) is 18.4 Å². The molecule has 82 valence electrons. The van der Waals surface area contributed by atoms with Crippen LogP contribution in [0.1, 0.15) is 0 Å². The van der Waals surface area contributed by atoms with Gasteiger partial charge in [0.25, 0.3) is 6.43 Å². The first-order valence-electron chi connectivity index (χ1n) is 4.02. The molecule has 0 unspecified atom stereocenters. The van der Waals surface area contributed by atoms with Gasteiger partial charge in [-0.15, -0.1) is 0 Å². The first-order chi connectivity index (χ1) is 7.09. The number of pyridine rings is 1. The van der Waals surface area contributed by atoms with Gasteiger partial charge in [-0.25, -0.2) is 18.0 Å². The molecule has 0 radical (unpaired) electrons. The summed E-state index contributed by atoms with van der Waals surface area (Å²) in [4.78, 5) is 14.4. The van der Waals surface area contributed by atoms with E-state index in [1.807, 2.05) is 5.32 Å². The van der Waals surface area contributed by atoms with E-state index in [-0.39, 0.29) is 5.69 Å². The highest BCUT2D eigenvalue weighted by Crippen LogP contribution is 2.10. The van der Waals surface area contributed by atoms with Crippen LogP contribution in [0.4, 0.5) is 23.7 Å². The number of halogens is 3. The van der Waals surface area contributed by atoms with E-state index in [9.17, 15) is 18.0 Å². The van der Waals surface area contributed by atoms with Crippen LogP contribution in [0.3, 0.4) is 0 Å². The van der Waals surface area contributed by atoms with E-state index in [1.54, 1.807) is 0 Å². The summed E-state index contributed by atoms with van der Waals surface area (Å²) in [6, 6.07) is 0.331. The van der Waals surface area contributed by atoms with E-state index in [2.05, 4.69) is 10.3 Å². The van der Waals surface area contributed by atoms with Crippen LogP contribution in [0.25, 0.3) is 0 Å². The number of carbonyl (C=O) groups excluding carboxylic acids is 1. The SMILES string of the molecule is O=C(NCC(F)F)Nc1ccncc1F. The van der Waals surface area contributed by atoms with Crippen molar-refractivity contribution in [3.8, 4) is 0 Å². The number of hydrogen-bond acceptors (Lipinski definition) is 2. The second kappa shape index (κ2) is 5.18. The van der Waals surface area contributed by atoms with Crippen LogP contribution in [0.5, 0.6) is 0 Å². The largest absolute Gasteiger partial charge is 0.332 e. The minimum atomic E-state index is -2.64. The van der Waals surface area contributed by atoms with Gasteiger partial charge in [0.1, 0.15) is 0 Å². The van der Waals surface area contributed by atoms with E-state index in [0.29, 0.717) is 0 Å². The molecule has 7 heteroatoms. The van der Waals surface area contributed by atoms with Gasteiger partial charge >= 0.3 is 6.03 Å². The molecule has 1 aromatic heterocycles. The Hall–Kier alpha value is -1.79.